The molecule has 12 atom stereocenters. The van der Waals surface area contributed by atoms with Crippen LogP contribution in [0.15, 0.2) is 0 Å². The van der Waals surface area contributed by atoms with Crippen molar-refractivity contribution in [3.8, 4) is 0 Å². The number of carbonyl (C=O) groups is 4. The van der Waals surface area contributed by atoms with Crippen molar-refractivity contribution in [2.75, 3.05) is 7.11 Å². The fourth-order valence-corrected chi connectivity index (χ4v) is 11.3. The molecule has 0 heterocycles. The Morgan fingerprint density at radius 3 is 1.13 bits per heavy atom. The lowest BCUT2D eigenvalue weighted by atomic mass is 9.96. The molecule has 6 N–H and O–H groups in total. The van der Waals surface area contributed by atoms with Crippen LogP contribution in [0.5, 0.6) is 0 Å². The maximum atomic E-state index is 14.0. The van der Waals surface area contributed by atoms with E-state index in [4.69, 9.17) is 33.2 Å². The number of unbranched alkanes of at least 4 members (excludes halogenated alkanes) is 16. The summed E-state index contributed by atoms with van der Waals surface area (Å²) in [5, 5.41) is 65.8. The van der Waals surface area contributed by atoms with E-state index in [0.29, 0.717) is 32.1 Å². The highest BCUT2D eigenvalue weighted by Crippen LogP contribution is 2.27. The molecule has 12 unspecified atom stereocenters. The molecule has 0 rings (SSSR count). The Bertz CT molecular complexity index is 1630. The van der Waals surface area contributed by atoms with E-state index >= 15 is 0 Å². The van der Waals surface area contributed by atoms with Gasteiger partial charge in [0.05, 0.1) is 80.4 Å². The van der Waals surface area contributed by atoms with Gasteiger partial charge in [-0.3, -0.25) is 19.2 Å². The van der Waals surface area contributed by atoms with Crippen LogP contribution in [0.3, 0.4) is 0 Å². The Labute approximate surface area is 529 Å². The molecule has 516 valence electrons. The number of carbonyl (C=O) groups excluding carboxylic acids is 4. The van der Waals surface area contributed by atoms with Crippen molar-refractivity contribution in [2.45, 2.75) is 418 Å². The number of ether oxygens (including phenoxy) is 7. The topological polar surface area (TPSA) is 254 Å². The lowest BCUT2D eigenvalue weighted by Crippen LogP contribution is -2.39. The zero-order chi connectivity index (χ0) is 65.2. The molecule has 0 amide bonds. The van der Waals surface area contributed by atoms with Crippen molar-refractivity contribution in [3.63, 3.8) is 0 Å². The molecule has 87 heavy (non-hydrogen) atoms. The van der Waals surface area contributed by atoms with Crippen LogP contribution in [0.4, 0.5) is 0 Å². The molecule has 0 aliphatic carbocycles. The summed E-state index contributed by atoms with van der Waals surface area (Å²) < 4.78 is 42.4. The van der Waals surface area contributed by atoms with Gasteiger partial charge >= 0.3 is 23.9 Å². The Balaban J connectivity index is 6.41. The third-order valence-electron chi connectivity index (χ3n) is 16.2. The first kappa shape index (κ1) is 84.5. The molecule has 0 aromatic carbocycles. The molecule has 0 saturated carbocycles. The normalized spacial score (nSPS) is 16.2. The summed E-state index contributed by atoms with van der Waals surface area (Å²) in [6.45, 7) is 20.3. The number of aliphatic hydroxyl groups is 6. The summed E-state index contributed by atoms with van der Waals surface area (Å²) in [6, 6.07) is 0. The second kappa shape index (κ2) is 55.2. The zero-order valence-electron chi connectivity index (χ0n) is 57.1. The van der Waals surface area contributed by atoms with Gasteiger partial charge in [-0.1, -0.05) is 150 Å². The fraction of sp³-hybridized carbons (Fsp3) is 0.943. The molecule has 17 nitrogen and oxygen atoms in total. The highest BCUT2D eigenvalue weighted by Gasteiger charge is 2.33. The minimum absolute atomic E-state index is 0.0142. The summed E-state index contributed by atoms with van der Waals surface area (Å²) in [5.41, 5.74) is 0. The number of hydrogen-bond donors (Lipinski definition) is 6. The van der Waals surface area contributed by atoms with Crippen LogP contribution in [0.25, 0.3) is 0 Å². The molecule has 0 radical (unpaired) electrons. The number of hydrogen-bond acceptors (Lipinski definition) is 17. The predicted octanol–water partition coefficient (Wildman–Crippen LogP) is 14.1. The Kier molecular flexibility index (Phi) is 53.6. The Morgan fingerprint density at radius 1 is 0.299 bits per heavy atom. The third kappa shape index (κ3) is 48.0. The van der Waals surface area contributed by atoms with E-state index in [1.165, 1.54) is 7.11 Å². The van der Waals surface area contributed by atoms with Gasteiger partial charge in [-0.15, -0.1) is 0 Å². The van der Waals surface area contributed by atoms with E-state index in [2.05, 4.69) is 27.7 Å². The largest absolute Gasteiger partial charge is 0.469 e. The van der Waals surface area contributed by atoms with Gasteiger partial charge in [-0.2, -0.15) is 0 Å². The van der Waals surface area contributed by atoms with E-state index in [1.807, 2.05) is 41.5 Å². The van der Waals surface area contributed by atoms with Crippen LogP contribution in [-0.4, -0.2) is 153 Å². The van der Waals surface area contributed by atoms with Crippen molar-refractivity contribution in [1.82, 2.24) is 0 Å². The predicted molar refractivity (Wildman–Crippen MR) is 345 cm³/mol. The monoisotopic (exact) mass is 1250 g/mol. The zero-order valence-corrected chi connectivity index (χ0v) is 57.1. The summed E-state index contributed by atoms with van der Waals surface area (Å²) in [5.74, 6) is -1.73. The van der Waals surface area contributed by atoms with Crippen LogP contribution in [-0.2, 0) is 52.3 Å². The highest BCUT2D eigenvalue weighted by atomic mass is 16.6. The second-order valence-corrected chi connectivity index (χ2v) is 25.9. The quantitative estimate of drug-likeness (QED) is 0.0188. The van der Waals surface area contributed by atoms with Crippen LogP contribution in [0.1, 0.15) is 326 Å². The average Bonchev–Trinajstić information content (AvgIpc) is 3.63. The van der Waals surface area contributed by atoms with Crippen molar-refractivity contribution >= 4 is 23.9 Å². The van der Waals surface area contributed by atoms with Crippen LogP contribution in [0.2, 0.25) is 0 Å². The van der Waals surface area contributed by atoms with Crippen molar-refractivity contribution in [3.05, 3.63) is 0 Å². The first-order valence-electron chi connectivity index (χ1n) is 35.3. The van der Waals surface area contributed by atoms with Crippen molar-refractivity contribution < 1.29 is 83.0 Å². The summed E-state index contributed by atoms with van der Waals surface area (Å²) in [7, 11) is 1.39. The van der Waals surface area contributed by atoms with Crippen molar-refractivity contribution in [1.29, 1.82) is 0 Å². The standard InChI is InChI=1S/C70H134O17/c1-12-16-20-27-36-55(71)48-62(75)59(72)40-33-47-70(80)87-66(64(84-54(9)10)43-31-25-24-26-32-44-67(77)81-11)51-58(39-30-23-19-15-4)85-68(78)45-35-42-61(74)65(50-57(83-53(7)8)38-29-22-18-14-3)86-69(79)46-34-41-60(73)63(76)49-56(82-52(5)6)37-28-21-17-13-2/h52-66,71-76H,12-51H2,1-11H3. The molecule has 0 bridgehead atoms. The summed E-state index contributed by atoms with van der Waals surface area (Å²) in [6.07, 6.45) is 15.9. The van der Waals surface area contributed by atoms with Gasteiger partial charge in [0.1, 0.15) is 18.3 Å². The van der Waals surface area contributed by atoms with Gasteiger partial charge in [0.15, 0.2) is 0 Å². The maximum absolute atomic E-state index is 14.0. The first-order chi connectivity index (χ1) is 41.6. The average molecular weight is 1250 g/mol. The number of esters is 4. The third-order valence-corrected chi connectivity index (χ3v) is 16.2. The molecule has 0 aromatic rings. The van der Waals surface area contributed by atoms with E-state index in [9.17, 15) is 49.8 Å². The fourth-order valence-electron chi connectivity index (χ4n) is 11.3. The van der Waals surface area contributed by atoms with E-state index in [-0.39, 0.29) is 114 Å². The number of aliphatic hydroxyl groups excluding tert-OH is 6. The van der Waals surface area contributed by atoms with Gasteiger partial charge in [0, 0.05) is 51.4 Å². The Morgan fingerprint density at radius 2 is 0.655 bits per heavy atom. The number of rotatable bonds is 61. The lowest BCUT2D eigenvalue weighted by Gasteiger charge is -2.32. The van der Waals surface area contributed by atoms with Crippen LogP contribution >= 0.6 is 0 Å². The van der Waals surface area contributed by atoms with Gasteiger partial charge in [0.2, 0.25) is 0 Å². The number of methoxy groups -OCH3 is 1. The lowest BCUT2D eigenvalue weighted by molar-refractivity contribution is -0.168. The SMILES string of the molecule is CCCCCCC(O)CC(O)C(O)CCCC(=O)OC(CC(CCCCCC)OC(=O)CCCC(O)C(CC(CCCCCC)OC(C)C)OC(=O)CCCC(O)C(O)CC(CCCCCC)OC(C)C)C(CCCCCCCC(=O)OC)OC(C)C. The molecule has 0 spiro atoms. The van der Waals surface area contributed by atoms with Crippen LogP contribution in [0, 0.1) is 0 Å². The molecule has 0 aliphatic heterocycles. The molecule has 0 saturated heterocycles. The van der Waals surface area contributed by atoms with E-state index < -0.39 is 78.9 Å². The van der Waals surface area contributed by atoms with Gasteiger partial charge in [-0.25, -0.2) is 0 Å². The Hall–Kier alpha value is -2.48. The van der Waals surface area contributed by atoms with E-state index in [0.717, 1.165) is 148 Å². The van der Waals surface area contributed by atoms with Crippen molar-refractivity contribution in [2.24, 2.45) is 0 Å². The van der Waals surface area contributed by atoms with E-state index in [1.54, 1.807) is 0 Å². The summed E-state index contributed by atoms with van der Waals surface area (Å²) in [4.78, 5) is 53.1. The van der Waals surface area contributed by atoms with Gasteiger partial charge < -0.3 is 63.8 Å². The second-order valence-electron chi connectivity index (χ2n) is 25.9. The summed E-state index contributed by atoms with van der Waals surface area (Å²) >= 11 is 0. The maximum Gasteiger partial charge on any atom is 0.306 e. The molecule has 0 aromatic heterocycles. The van der Waals surface area contributed by atoms with Crippen LogP contribution < -0.4 is 0 Å². The van der Waals surface area contributed by atoms with Gasteiger partial charge in [0.25, 0.3) is 0 Å². The molecule has 0 fully saturated rings. The molecule has 17 heteroatoms. The first-order valence-corrected chi connectivity index (χ1v) is 35.3. The molecular formula is C70H134O17. The minimum Gasteiger partial charge on any atom is -0.469 e. The smallest absolute Gasteiger partial charge is 0.306 e. The minimum atomic E-state index is -1.13. The molecular weight excluding hydrogens is 1110 g/mol. The van der Waals surface area contributed by atoms with Gasteiger partial charge in [-0.05, 0) is 125 Å². The molecule has 0 aliphatic rings. The highest BCUT2D eigenvalue weighted by molar-refractivity contribution is 5.70.